The minimum Gasteiger partial charge on any atom is -0.493 e. The molecule has 0 saturated carbocycles. The molecule has 270 valence electrons. The maximum absolute atomic E-state index is 6.76. The molecular weight excluding hydrogens is 680 g/mol. The molecule has 0 N–H and O–H groups in total. The van der Waals surface area contributed by atoms with Gasteiger partial charge in [-0.05, 0) is 115 Å². The van der Waals surface area contributed by atoms with E-state index in [0.29, 0.717) is 46.0 Å². The quantitative estimate of drug-likeness (QED) is 0.148. The lowest BCUT2D eigenvalue weighted by Gasteiger charge is -2.49. The lowest BCUT2D eigenvalue weighted by molar-refractivity contribution is 0.351. The molecule has 8 heteroatoms. The summed E-state index contributed by atoms with van der Waals surface area (Å²) in [6, 6.07) is 16.6. The summed E-state index contributed by atoms with van der Waals surface area (Å²) in [7, 11) is 13.2. The van der Waals surface area contributed by atoms with Crippen LogP contribution in [0, 0.1) is 24.7 Å². The Morgan fingerprint density at radius 2 is 0.463 bits per heavy atom. The van der Waals surface area contributed by atoms with Gasteiger partial charge < -0.3 is 37.9 Å². The summed E-state index contributed by atoms with van der Waals surface area (Å²) in [4.78, 5) is 0. The van der Waals surface area contributed by atoms with E-state index in [-0.39, 0.29) is 23.7 Å². The van der Waals surface area contributed by atoms with Gasteiger partial charge in [-0.15, -0.1) is 12.8 Å². The van der Waals surface area contributed by atoms with Gasteiger partial charge in [0.05, 0.1) is 56.9 Å². The SMILES string of the molecule is C#Cc1c2c(c(C#C)c3c1C1c4cc(OC)c(OC)cc4C3c3cc(OC)c(OC)cc31)C1c3cc(OC)c(OC)cc3C2c2cc(OC)c(OC)cc21. The molecule has 5 aromatic carbocycles. The van der Waals surface area contributed by atoms with E-state index >= 15 is 0 Å². The van der Waals surface area contributed by atoms with Gasteiger partial charge in [-0.1, -0.05) is 11.8 Å². The molecule has 5 aromatic rings. The van der Waals surface area contributed by atoms with Crippen molar-refractivity contribution in [3.8, 4) is 70.7 Å². The van der Waals surface area contributed by atoms with E-state index in [1.54, 1.807) is 56.9 Å². The van der Waals surface area contributed by atoms with Gasteiger partial charge in [0.15, 0.2) is 46.0 Å². The van der Waals surface area contributed by atoms with Crippen molar-refractivity contribution in [1.29, 1.82) is 0 Å². The highest BCUT2D eigenvalue weighted by Gasteiger charge is 2.52. The van der Waals surface area contributed by atoms with Crippen LogP contribution in [-0.4, -0.2) is 56.9 Å². The molecule has 0 amide bonds. The third-order valence-corrected chi connectivity index (χ3v) is 11.9. The van der Waals surface area contributed by atoms with Crippen LogP contribution in [-0.2, 0) is 0 Å². The molecule has 0 fully saturated rings. The van der Waals surface area contributed by atoms with E-state index in [1.807, 2.05) is 0 Å². The topological polar surface area (TPSA) is 73.8 Å². The fourth-order valence-corrected chi connectivity index (χ4v) is 9.90. The van der Waals surface area contributed by atoms with Crippen molar-refractivity contribution in [2.45, 2.75) is 23.7 Å². The zero-order valence-corrected chi connectivity index (χ0v) is 31.3. The predicted octanol–water partition coefficient (Wildman–Crippen LogP) is 7.69. The predicted molar refractivity (Wildman–Crippen MR) is 204 cm³/mol. The maximum atomic E-state index is 6.76. The largest absolute Gasteiger partial charge is 0.493 e. The molecular formula is C46H38O8. The average molecular weight is 719 g/mol. The first-order valence-electron chi connectivity index (χ1n) is 17.6. The number of methoxy groups -OCH3 is 8. The molecule has 0 heterocycles. The molecule has 0 spiro atoms. The number of terminal acetylenes is 2. The maximum Gasteiger partial charge on any atom is 0.161 e. The van der Waals surface area contributed by atoms with E-state index in [0.717, 1.165) is 77.9 Å². The first-order chi connectivity index (χ1) is 26.4. The standard InChI is InChI=1S/C46H38O8/c1-11-21-43-39-23-13-31(47-3)35(51-7)17-27(23)41(28-18-36(52-8)32(48-4)14-24(28)39)45(43)22(12-2)46-42-29-19-37(53-9)33(49-5)15-25(29)40(44(21)46)26-16-34(50-6)38(54-10)20-30(26)42/h1-2,13-20,39-42H,3-10H3. The van der Waals surface area contributed by atoms with Crippen LogP contribution in [0.15, 0.2) is 48.5 Å². The number of ether oxygens (including phenoxy) is 8. The van der Waals surface area contributed by atoms with Crippen LogP contribution in [0.1, 0.15) is 102 Å². The minimum absolute atomic E-state index is 0.298. The van der Waals surface area contributed by atoms with Crippen LogP contribution in [0.25, 0.3) is 0 Å². The summed E-state index contributed by atoms with van der Waals surface area (Å²) >= 11 is 0. The van der Waals surface area contributed by atoms with Crippen molar-refractivity contribution in [1.82, 2.24) is 0 Å². The fourth-order valence-electron chi connectivity index (χ4n) is 9.90. The van der Waals surface area contributed by atoms with Crippen molar-refractivity contribution in [2.75, 3.05) is 56.9 Å². The number of rotatable bonds is 8. The molecule has 0 saturated heterocycles. The van der Waals surface area contributed by atoms with Gasteiger partial charge in [-0.2, -0.15) is 0 Å². The highest BCUT2D eigenvalue weighted by molar-refractivity contribution is 5.84. The van der Waals surface area contributed by atoms with Gasteiger partial charge in [0.2, 0.25) is 0 Å². The Morgan fingerprint density at radius 1 is 0.315 bits per heavy atom. The van der Waals surface area contributed by atoms with Crippen LogP contribution in [0.2, 0.25) is 0 Å². The molecule has 4 bridgehead atoms. The normalized spacial score (nSPS) is 18.3. The molecule has 6 aliphatic rings. The van der Waals surface area contributed by atoms with Crippen LogP contribution in [0.3, 0.4) is 0 Å². The summed E-state index contributed by atoms with van der Waals surface area (Å²) in [5, 5.41) is 0. The molecule has 11 rings (SSSR count). The van der Waals surface area contributed by atoms with Crippen LogP contribution in [0.5, 0.6) is 46.0 Å². The first-order valence-corrected chi connectivity index (χ1v) is 17.6. The van der Waals surface area contributed by atoms with Crippen LogP contribution < -0.4 is 37.9 Å². The monoisotopic (exact) mass is 718 g/mol. The van der Waals surface area contributed by atoms with Crippen LogP contribution >= 0.6 is 0 Å². The summed E-state index contributed by atoms with van der Waals surface area (Å²) in [5.41, 5.74) is 14.3. The molecule has 0 radical (unpaired) electrons. The second-order valence-corrected chi connectivity index (χ2v) is 13.8. The average Bonchev–Trinajstić information content (AvgIpc) is 3.22. The van der Waals surface area contributed by atoms with Crippen molar-refractivity contribution in [3.05, 3.63) is 126 Å². The van der Waals surface area contributed by atoms with E-state index < -0.39 is 0 Å². The molecule has 0 atom stereocenters. The third-order valence-electron chi connectivity index (χ3n) is 11.9. The third kappa shape index (κ3) is 4.06. The summed E-state index contributed by atoms with van der Waals surface area (Å²) in [6.07, 6.45) is 13.5. The highest BCUT2D eigenvalue weighted by Crippen LogP contribution is 2.66. The van der Waals surface area contributed by atoms with Crippen molar-refractivity contribution >= 4 is 0 Å². The second kappa shape index (κ2) is 12.1. The first kappa shape index (κ1) is 33.5. The van der Waals surface area contributed by atoms with Crippen molar-refractivity contribution < 1.29 is 37.9 Å². The van der Waals surface area contributed by atoms with Gasteiger partial charge in [0.1, 0.15) is 0 Å². The Labute approximate surface area is 314 Å². The van der Waals surface area contributed by atoms with Crippen molar-refractivity contribution in [3.63, 3.8) is 0 Å². The number of hydrogen-bond acceptors (Lipinski definition) is 8. The number of benzene rings is 5. The Balaban J connectivity index is 1.45. The van der Waals surface area contributed by atoms with Crippen LogP contribution in [0.4, 0.5) is 0 Å². The van der Waals surface area contributed by atoms with Crippen molar-refractivity contribution in [2.24, 2.45) is 0 Å². The van der Waals surface area contributed by atoms with Gasteiger partial charge in [-0.3, -0.25) is 0 Å². The number of hydrogen-bond donors (Lipinski definition) is 0. The van der Waals surface area contributed by atoms with Gasteiger partial charge in [-0.25, -0.2) is 0 Å². The van der Waals surface area contributed by atoms with E-state index in [9.17, 15) is 0 Å². The fraction of sp³-hybridized carbons (Fsp3) is 0.261. The summed E-state index contributed by atoms with van der Waals surface area (Å²) in [6.45, 7) is 0. The van der Waals surface area contributed by atoms with E-state index in [1.165, 1.54) is 0 Å². The Hall–Kier alpha value is -6.38. The Bertz CT molecular complexity index is 2090. The van der Waals surface area contributed by atoms with E-state index in [2.05, 4.69) is 60.4 Å². The molecule has 6 aliphatic carbocycles. The second-order valence-electron chi connectivity index (χ2n) is 13.8. The molecule has 54 heavy (non-hydrogen) atoms. The molecule has 0 aromatic heterocycles. The summed E-state index contributed by atoms with van der Waals surface area (Å²) < 4.78 is 47.0. The van der Waals surface area contributed by atoms with Gasteiger partial charge in [0, 0.05) is 34.8 Å². The smallest absolute Gasteiger partial charge is 0.161 e. The lowest BCUT2D eigenvalue weighted by Crippen LogP contribution is -2.35. The Morgan fingerprint density at radius 3 is 0.574 bits per heavy atom. The lowest BCUT2D eigenvalue weighted by atomic mass is 9.53. The Kier molecular flexibility index (Phi) is 7.48. The van der Waals surface area contributed by atoms with E-state index in [4.69, 9.17) is 50.7 Å². The summed E-state index contributed by atoms with van der Waals surface area (Å²) in [5.74, 6) is 10.4. The molecule has 0 aliphatic heterocycles. The zero-order chi connectivity index (χ0) is 37.7. The zero-order valence-electron chi connectivity index (χ0n) is 31.3. The molecule has 0 unspecified atom stereocenters. The highest BCUT2D eigenvalue weighted by atomic mass is 16.5. The minimum atomic E-state index is -0.298. The van der Waals surface area contributed by atoms with Gasteiger partial charge >= 0.3 is 0 Å². The molecule has 8 nitrogen and oxygen atoms in total. The van der Waals surface area contributed by atoms with Gasteiger partial charge in [0.25, 0.3) is 0 Å².